The third kappa shape index (κ3) is 4.33. The summed E-state index contributed by atoms with van der Waals surface area (Å²) in [6.07, 6.45) is 0.293. The average molecular weight is 487 g/mol. The van der Waals surface area contributed by atoms with E-state index in [0.29, 0.717) is 34.5 Å². The fraction of sp³-hybridized carbons (Fsp3) is 0.565. The van der Waals surface area contributed by atoms with E-state index >= 15 is 0 Å². The molecule has 2 heterocycles. The molecule has 3 aromatic rings. The highest BCUT2D eigenvalue weighted by Crippen LogP contribution is 2.44. The Labute approximate surface area is 201 Å². The van der Waals surface area contributed by atoms with Crippen LogP contribution in [0.15, 0.2) is 29.4 Å². The molecule has 11 heteroatoms. The number of thioether (sulfide) groups is 1. The van der Waals surface area contributed by atoms with Gasteiger partial charge in [-0.1, -0.05) is 36.0 Å². The van der Waals surface area contributed by atoms with Crippen LogP contribution in [-0.4, -0.2) is 78.0 Å². The van der Waals surface area contributed by atoms with Crippen molar-refractivity contribution in [2.45, 2.75) is 61.6 Å². The SMILES string of the molecule is CCCSc1nc(NC2CC2c2ccc(OC)cc2)c2nnn([C@@H]3C[C@H](CO)[C@@H](O)[C@H]3O)c2n1. The third-order valence-electron chi connectivity index (χ3n) is 6.71. The molecule has 2 saturated carbocycles. The summed E-state index contributed by atoms with van der Waals surface area (Å²) in [6.45, 7) is 1.90. The molecule has 1 aromatic carbocycles. The first-order valence-corrected chi connectivity index (χ1v) is 12.7. The van der Waals surface area contributed by atoms with Gasteiger partial charge in [0.05, 0.1) is 19.3 Å². The zero-order chi connectivity index (χ0) is 23.8. The van der Waals surface area contributed by atoms with E-state index in [2.05, 4.69) is 34.7 Å². The summed E-state index contributed by atoms with van der Waals surface area (Å²) in [5.74, 6) is 2.30. The maximum Gasteiger partial charge on any atom is 0.191 e. The van der Waals surface area contributed by atoms with Gasteiger partial charge >= 0.3 is 0 Å². The molecule has 0 aliphatic heterocycles. The Hall–Kier alpha value is -2.47. The van der Waals surface area contributed by atoms with Crippen molar-refractivity contribution in [3.63, 3.8) is 0 Å². The monoisotopic (exact) mass is 486 g/mol. The third-order valence-corrected chi connectivity index (χ3v) is 7.77. The summed E-state index contributed by atoms with van der Waals surface area (Å²) in [5.41, 5.74) is 2.30. The minimum Gasteiger partial charge on any atom is -0.497 e. The number of methoxy groups -OCH3 is 1. The van der Waals surface area contributed by atoms with Crippen molar-refractivity contribution in [2.75, 3.05) is 24.8 Å². The second-order valence-corrected chi connectivity index (χ2v) is 10.1. The van der Waals surface area contributed by atoms with Crippen molar-refractivity contribution in [2.24, 2.45) is 5.92 Å². The number of rotatable bonds is 9. The van der Waals surface area contributed by atoms with E-state index in [1.54, 1.807) is 23.6 Å². The van der Waals surface area contributed by atoms with E-state index in [9.17, 15) is 15.3 Å². The van der Waals surface area contributed by atoms with Gasteiger partial charge in [-0.05, 0) is 37.0 Å². The number of aromatic nitrogens is 5. The van der Waals surface area contributed by atoms with Crippen LogP contribution in [0.1, 0.15) is 43.7 Å². The van der Waals surface area contributed by atoms with Gasteiger partial charge in [0.25, 0.3) is 0 Å². The van der Waals surface area contributed by atoms with Gasteiger partial charge in [0.15, 0.2) is 22.1 Å². The van der Waals surface area contributed by atoms with E-state index in [1.807, 2.05) is 12.1 Å². The number of aliphatic hydroxyl groups excluding tert-OH is 3. The van der Waals surface area contributed by atoms with Gasteiger partial charge in [-0.15, -0.1) is 5.10 Å². The van der Waals surface area contributed by atoms with Gasteiger partial charge in [0, 0.05) is 30.2 Å². The maximum absolute atomic E-state index is 10.6. The molecule has 4 N–H and O–H groups in total. The Kier molecular flexibility index (Phi) is 6.61. The van der Waals surface area contributed by atoms with Crippen molar-refractivity contribution < 1.29 is 20.1 Å². The molecule has 2 unspecified atom stereocenters. The van der Waals surface area contributed by atoms with Crippen molar-refractivity contribution in [3.05, 3.63) is 29.8 Å². The molecule has 10 nitrogen and oxygen atoms in total. The van der Waals surface area contributed by atoms with Crippen LogP contribution in [-0.2, 0) is 0 Å². The topological polar surface area (TPSA) is 138 Å². The summed E-state index contributed by atoms with van der Waals surface area (Å²) >= 11 is 1.56. The number of nitrogens with zero attached hydrogens (tertiary/aromatic N) is 5. The van der Waals surface area contributed by atoms with Crippen LogP contribution >= 0.6 is 11.8 Å². The highest BCUT2D eigenvalue weighted by molar-refractivity contribution is 7.99. The van der Waals surface area contributed by atoms with Gasteiger partial charge in [-0.25, -0.2) is 14.6 Å². The maximum atomic E-state index is 10.6. The summed E-state index contributed by atoms with van der Waals surface area (Å²) in [5, 5.41) is 43.2. The fourth-order valence-corrected chi connectivity index (χ4v) is 5.36. The number of fused-ring (bicyclic) bond motifs is 1. The van der Waals surface area contributed by atoms with E-state index in [1.165, 1.54) is 5.56 Å². The largest absolute Gasteiger partial charge is 0.497 e. The number of ether oxygens (including phenoxy) is 1. The minimum atomic E-state index is -1.05. The number of anilines is 1. The number of benzene rings is 1. The standard InChI is InChI=1S/C23H30N6O4S/c1-3-8-34-23-25-21(24-16-10-15(16)12-4-6-14(33-2)7-5-12)18-22(26-23)29(28-27-18)17-9-13(11-30)19(31)20(17)32/h4-7,13,15-17,19-20,30-32H,3,8-11H2,1-2H3,(H,24,25,26)/t13-,15?,16?,17-,19-,20+/m1/s1. The molecule has 0 spiro atoms. The van der Waals surface area contributed by atoms with E-state index in [-0.39, 0.29) is 12.6 Å². The molecule has 2 aromatic heterocycles. The molecule has 0 saturated heterocycles. The molecular weight excluding hydrogens is 456 g/mol. The van der Waals surface area contributed by atoms with E-state index in [4.69, 9.17) is 14.7 Å². The summed E-state index contributed by atoms with van der Waals surface area (Å²) in [6, 6.07) is 7.82. The highest BCUT2D eigenvalue weighted by atomic mass is 32.2. The summed E-state index contributed by atoms with van der Waals surface area (Å²) < 4.78 is 6.84. The number of nitrogens with one attached hydrogen (secondary N) is 1. The van der Waals surface area contributed by atoms with Gasteiger partial charge in [-0.3, -0.25) is 0 Å². The second-order valence-electron chi connectivity index (χ2n) is 9.00. The van der Waals surface area contributed by atoms with Crippen LogP contribution in [0.3, 0.4) is 0 Å². The van der Waals surface area contributed by atoms with Crippen LogP contribution in [0.25, 0.3) is 11.2 Å². The Bertz CT molecular complexity index is 1140. The van der Waals surface area contributed by atoms with E-state index < -0.39 is 24.2 Å². The van der Waals surface area contributed by atoms with Crippen molar-refractivity contribution in [1.82, 2.24) is 25.0 Å². The van der Waals surface area contributed by atoms with Crippen LogP contribution in [0.2, 0.25) is 0 Å². The molecule has 6 atom stereocenters. The van der Waals surface area contributed by atoms with Crippen LogP contribution in [0.4, 0.5) is 5.82 Å². The molecule has 2 fully saturated rings. The van der Waals surface area contributed by atoms with Gasteiger partial charge < -0.3 is 25.4 Å². The molecule has 0 bridgehead atoms. The second kappa shape index (κ2) is 9.65. The zero-order valence-electron chi connectivity index (χ0n) is 19.2. The predicted octanol–water partition coefficient (Wildman–Crippen LogP) is 1.98. The lowest BCUT2D eigenvalue weighted by atomic mass is 10.1. The van der Waals surface area contributed by atoms with Crippen molar-refractivity contribution >= 4 is 28.7 Å². The Morgan fingerprint density at radius 2 is 1.94 bits per heavy atom. The lowest BCUT2D eigenvalue weighted by Gasteiger charge is -2.17. The molecule has 34 heavy (non-hydrogen) atoms. The van der Waals surface area contributed by atoms with Crippen LogP contribution in [0, 0.1) is 5.92 Å². The first-order chi connectivity index (χ1) is 16.5. The lowest BCUT2D eigenvalue weighted by molar-refractivity contribution is -0.00512. The predicted molar refractivity (Wildman–Crippen MR) is 128 cm³/mol. The Morgan fingerprint density at radius 1 is 1.15 bits per heavy atom. The van der Waals surface area contributed by atoms with Crippen LogP contribution < -0.4 is 10.1 Å². The van der Waals surface area contributed by atoms with E-state index in [0.717, 1.165) is 24.3 Å². The summed E-state index contributed by atoms with van der Waals surface area (Å²) in [7, 11) is 1.66. The summed E-state index contributed by atoms with van der Waals surface area (Å²) in [4.78, 5) is 9.43. The highest BCUT2D eigenvalue weighted by Gasteiger charge is 2.44. The molecule has 5 rings (SSSR count). The number of aliphatic hydroxyl groups is 3. The number of hydrogen-bond acceptors (Lipinski definition) is 10. The van der Waals surface area contributed by atoms with Crippen molar-refractivity contribution in [1.29, 1.82) is 0 Å². The smallest absolute Gasteiger partial charge is 0.191 e. The Morgan fingerprint density at radius 3 is 2.62 bits per heavy atom. The molecule has 0 amide bonds. The number of hydrogen-bond donors (Lipinski definition) is 4. The first-order valence-electron chi connectivity index (χ1n) is 11.7. The normalized spacial score (nSPS) is 28.4. The molecule has 2 aliphatic carbocycles. The molecule has 0 radical (unpaired) electrons. The first kappa shape index (κ1) is 23.3. The van der Waals surface area contributed by atoms with Gasteiger partial charge in [0.1, 0.15) is 11.9 Å². The quantitative estimate of drug-likeness (QED) is 0.262. The molecule has 182 valence electrons. The Balaban J connectivity index is 1.43. The van der Waals surface area contributed by atoms with Gasteiger partial charge in [0.2, 0.25) is 0 Å². The molecular formula is C23H30N6O4S. The fourth-order valence-electron chi connectivity index (χ4n) is 4.66. The van der Waals surface area contributed by atoms with Crippen LogP contribution in [0.5, 0.6) is 5.75 Å². The van der Waals surface area contributed by atoms with Crippen molar-refractivity contribution in [3.8, 4) is 5.75 Å². The lowest BCUT2D eigenvalue weighted by Crippen LogP contribution is -2.30. The molecule has 2 aliphatic rings. The minimum absolute atomic E-state index is 0.199. The zero-order valence-corrected chi connectivity index (χ0v) is 20.0. The van der Waals surface area contributed by atoms with Gasteiger partial charge in [-0.2, -0.15) is 0 Å². The average Bonchev–Trinajstić information content (AvgIpc) is 3.40.